The molecule has 1 N–H and O–H groups in total. The first kappa shape index (κ1) is 15.6. The summed E-state index contributed by atoms with van der Waals surface area (Å²) >= 11 is 0. The summed E-state index contributed by atoms with van der Waals surface area (Å²) in [6.07, 6.45) is 7.44. The molecule has 23 heavy (non-hydrogen) atoms. The second kappa shape index (κ2) is 6.06. The minimum absolute atomic E-state index is 0.0186. The van der Waals surface area contributed by atoms with E-state index in [2.05, 4.69) is 11.2 Å². The Morgan fingerprint density at radius 1 is 1.30 bits per heavy atom. The molecule has 1 saturated heterocycles. The maximum absolute atomic E-state index is 12.9. The molecule has 0 spiro atoms. The summed E-state index contributed by atoms with van der Waals surface area (Å²) in [4.78, 5) is 28.1. The van der Waals surface area contributed by atoms with E-state index in [1.54, 1.807) is 29.0 Å². The Morgan fingerprint density at radius 3 is 2.65 bits per heavy atom. The predicted molar refractivity (Wildman–Crippen MR) is 85.1 cm³/mol. The highest BCUT2D eigenvalue weighted by molar-refractivity contribution is 5.90. The normalized spacial score (nSPS) is 24.7. The number of aryl methyl sites for hydroxylation is 1. The second-order valence-corrected chi connectivity index (χ2v) is 6.33. The van der Waals surface area contributed by atoms with E-state index < -0.39 is 18.1 Å². The van der Waals surface area contributed by atoms with Gasteiger partial charge in [0, 0.05) is 26.3 Å². The van der Waals surface area contributed by atoms with E-state index in [0.29, 0.717) is 31.6 Å². The van der Waals surface area contributed by atoms with Crippen LogP contribution in [-0.2, 0) is 16.6 Å². The molecule has 1 aromatic heterocycles. The van der Waals surface area contributed by atoms with Gasteiger partial charge in [-0.3, -0.25) is 9.48 Å². The zero-order chi connectivity index (χ0) is 16.6. The van der Waals surface area contributed by atoms with Crippen molar-refractivity contribution >= 4 is 17.6 Å². The Labute approximate surface area is 135 Å². The molecule has 1 fully saturated rings. The van der Waals surface area contributed by atoms with Crippen LogP contribution in [0, 0.1) is 0 Å². The molecule has 0 saturated carbocycles. The van der Waals surface area contributed by atoms with Crippen LogP contribution in [-0.4, -0.2) is 56.8 Å². The lowest BCUT2D eigenvalue weighted by Gasteiger charge is -2.34. The van der Waals surface area contributed by atoms with Gasteiger partial charge in [-0.05, 0) is 26.2 Å². The SMILES string of the molecule is CC1=CCCN(C(=O)C2CCC(C(=O)O)N2c2cnn(C)c2)C1. The fourth-order valence-electron chi connectivity index (χ4n) is 3.51. The van der Waals surface area contributed by atoms with Gasteiger partial charge in [0.2, 0.25) is 5.91 Å². The van der Waals surface area contributed by atoms with Crippen LogP contribution in [0.5, 0.6) is 0 Å². The van der Waals surface area contributed by atoms with Crippen LogP contribution >= 0.6 is 0 Å². The Hall–Kier alpha value is -2.31. The molecule has 1 amide bonds. The highest BCUT2D eigenvalue weighted by Gasteiger charge is 2.43. The molecular formula is C16H22N4O3. The average Bonchev–Trinajstić information content (AvgIpc) is 3.12. The third-order valence-electron chi connectivity index (χ3n) is 4.59. The molecule has 3 rings (SSSR count). The van der Waals surface area contributed by atoms with Crippen molar-refractivity contribution in [1.82, 2.24) is 14.7 Å². The molecule has 0 bridgehead atoms. The van der Waals surface area contributed by atoms with Crippen molar-refractivity contribution in [2.24, 2.45) is 7.05 Å². The van der Waals surface area contributed by atoms with Gasteiger partial charge in [0.05, 0.1) is 11.9 Å². The minimum atomic E-state index is -0.890. The first-order chi connectivity index (χ1) is 11.0. The van der Waals surface area contributed by atoms with Crippen LogP contribution < -0.4 is 4.90 Å². The Morgan fingerprint density at radius 2 is 2.04 bits per heavy atom. The molecule has 7 nitrogen and oxygen atoms in total. The highest BCUT2D eigenvalue weighted by atomic mass is 16.4. The summed E-state index contributed by atoms with van der Waals surface area (Å²) in [6.45, 7) is 3.35. The van der Waals surface area contributed by atoms with E-state index in [1.165, 1.54) is 5.57 Å². The van der Waals surface area contributed by atoms with Crippen LogP contribution in [0.1, 0.15) is 26.2 Å². The van der Waals surface area contributed by atoms with E-state index >= 15 is 0 Å². The van der Waals surface area contributed by atoms with Gasteiger partial charge in [0.1, 0.15) is 12.1 Å². The number of carbonyl (C=O) groups excluding carboxylic acids is 1. The summed E-state index contributed by atoms with van der Waals surface area (Å²) in [6, 6.07) is -1.10. The van der Waals surface area contributed by atoms with Crippen LogP contribution in [0.2, 0.25) is 0 Å². The predicted octanol–water partition coefficient (Wildman–Crippen LogP) is 1.02. The van der Waals surface area contributed by atoms with Gasteiger partial charge < -0.3 is 14.9 Å². The van der Waals surface area contributed by atoms with E-state index in [1.807, 2.05) is 11.8 Å². The van der Waals surface area contributed by atoms with Gasteiger partial charge in [0.15, 0.2) is 0 Å². The number of hydrogen-bond donors (Lipinski definition) is 1. The van der Waals surface area contributed by atoms with Crippen molar-refractivity contribution in [3.05, 3.63) is 24.0 Å². The first-order valence-corrected chi connectivity index (χ1v) is 7.91. The first-order valence-electron chi connectivity index (χ1n) is 7.91. The van der Waals surface area contributed by atoms with E-state index in [0.717, 1.165) is 6.42 Å². The van der Waals surface area contributed by atoms with E-state index in [4.69, 9.17) is 0 Å². The smallest absolute Gasteiger partial charge is 0.326 e. The Bertz CT molecular complexity index is 652. The zero-order valence-corrected chi connectivity index (χ0v) is 13.5. The molecule has 1 aromatic rings. The molecule has 2 aliphatic rings. The molecule has 0 radical (unpaired) electrons. The number of carbonyl (C=O) groups is 2. The fourth-order valence-corrected chi connectivity index (χ4v) is 3.51. The van der Waals surface area contributed by atoms with Crippen molar-refractivity contribution in [3.63, 3.8) is 0 Å². The second-order valence-electron chi connectivity index (χ2n) is 6.33. The molecule has 2 atom stereocenters. The number of aromatic nitrogens is 2. The average molecular weight is 318 g/mol. The number of aliphatic carboxylic acids is 1. The van der Waals surface area contributed by atoms with Gasteiger partial charge in [-0.25, -0.2) is 4.79 Å². The molecule has 0 aromatic carbocycles. The summed E-state index contributed by atoms with van der Waals surface area (Å²) in [5, 5.41) is 13.6. The third kappa shape index (κ3) is 2.95. The van der Waals surface area contributed by atoms with Crippen molar-refractivity contribution < 1.29 is 14.7 Å². The fraction of sp³-hybridized carbons (Fsp3) is 0.562. The van der Waals surface area contributed by atoms with Gasteiger partial charge in [-0.1, -0.05) is 11.6 Å². The summed E-state index contributed by atoms with van der Waals surface area (Å²) < 4.78 is 1.63. The zero-order valence-electron chi connectivity index (χ0n) is 13.5. The molecule has 124 valence electrons. The molecule has 2 unspecified atom stereocenters. The lowest BCUT2D eigenvalue weighted by molar-refractivity contribution is -0.138. The lowest BCUT2D eigenvalue weighted by atomic mass is 10.1. The van der Waals surface area contributed by atoms with Gasteiger partial charge >= 0.3 is 5.97 Å². The monoisotopic (exact) mass is 318 g/mol. The molecule has 7 heteroatoms. The number of amides is 1. The van der Waals surface area contributed by atoms with E-state index in [9.17, 15) is 14.7 Å². The molecule has 0 aliphatic carbocycles. The quantitative estimate of drug-likeness (QED) is 0.842. The van der Waals surface area contributed by atoms with Gasteiger partial charge in [-0.15, -0.1) is 0 Å². The lowest BCUT2D eigenvalue weighted by Crippen LogP contribution is -2.50. The maximum atomic E-state index is 12.9. The van der Waals surface area contributed by atoms with Crippen molar-refractivity contribution in [2.75, 3.05) is 18.0 Å². The Balaban J connectivity index is 1.86. The number of rotatable bonds is 3. The molecule has 3 heterocycles. The highest BCUT2D eigenvalue weighted by Crippen LogP contribution is 2.32. The van der Waals surface area contributed by atoms with Crippen LogP contribution in [0.4, 0.5) is 5.69 Å². The van der Waals surface area contributed by atoms with Gasteiger partial charge in [0.25, 0.3) is 0 Å². The van der Waals surface area contributed by atoms with Crippen molar-refractivity contribution in [2.45, 2.75) is 38.3 Å². The minimum Gasteiger partial charge on any atom is -0.480 e. The van der Waals surface area contributed by atoms with Crippen LogP contribution in [0.25, 0.3) is 0 Å². The number of anilines is 1. The summed E-state index contributed by atoms with van der Waals surface area (Å²) in [5.74, 6) is -0.871. The molecule has 2 aliphatic heterocycles. The Kier molecular flexibility index (Phi) is 4.11. The maximum Gasteiger partial charge on any atom is 0.326 e. The topological polar surface area (TPSA) is 78.7 Å². The number of hydrogen-bond acceptors (Lipinski definition) is 4. The largest absolute Gasteiger partial charge is 0.480 e. The van der Waals surface area contributed by atoms with Crippen molar-refractivity contribution in [3.8, 4) is 0 Å². The van der Waals surface area contributed by atoms with Crippen LogP contribution in [0.3, 0.4) is 0 Å². The standard InChI is InChI=1S/C16H22N4O3/c1-11-4-3-7-19(9-11)15(21)13-5-6-14(16(22)23)20(13)12-8-17-18(2)10-12/h4,8,10,13-14H,3,5-7,9H2,1-2H3,(H,22,23). The number of nitrogens with zero attached hydrogens (tertiary/aromatic N) is 4. The number of carboxylic acids is 1. The summed E-state index contributed by atoms with van der Waals surface area (Å²) in [7, 11) is 1.78. The molecular weight excluding hydrogens is 296 g/mol. The van der Waals surface area contributed by atoms with Gasteiger partial charge in [-0.2, -0.15) is 5.10 Å². The number of carboxylic acid groups (broad SMARTS) is 1. The van der Waals surface area contributed by atoms with Crippen molar-refractivity contribution in [1.29, 1.82) is 0 Å². The summed E-state index contributed by atoms with van der Waals surface area (Å²) in [5.41, 5.74) is 1.88. The van der Waals surface area contributed by atoms with Crippen LogP contribution in [0.15, 0.2) is 24.0 Å². The van der Waals surface area contributed by atoms with E-state index in [-0.39, 0.29) is 5.91 Å². The third-order valence-corrected chi connectivity index (χ3v) is 4.59.